The van der Waals surface area contributed by atoms with Crippen LogP contribution >= 0.6 is 0 Å². The van der Waals surface area contributed by atoms with Crippen LogP contribution in [0.25, 0.3) is 0 Å². The number of benzene rings is 2. The first-order valence-electron chi connectivity index (χ1n) is 8.46. The third-order valence-electron chi connectivity index (χ3n) is 3.69. The highest BCUT2D eigenvalue weighted by molar-refractivity contribution is 7.92. The predicted octanol–water partition coefficient (Wildman–Crippen LogP) is 2.34. The molecule has 144 valence electrons. The van der Waals surface area contributed by atoms with E-state index in [2.05, 4.69) is 10.0 Å². The molecule has 0 aromatic heterocycles. The molecule has 0 radical (unpaired) electrons. The van der Waals surface area contributed by atoms with Crippen molar-refractivity contribution in [3.8, 4) is 0 Å². The van der Waals surface area contributed by atoms with E-state index in [1.165, 1.54) is 31.2 Å². The SMILES string of the molecule is CCOC(=O)c1ccccc1NS(=O)(=O)c1ccc(CCNC(C)=O)cc1. The van der Waals surface area contributed by atoms with Crippen molar-refractivity contribution < 1.29 is 22.7 Å². The van der Waals surface area contributed by atoms with Crippen LogP contribution in [0.3, 0.4) is 0 Å². The molecule has 7 nitrogen and oxygen atoms in total. The van der Waals surface area contributed by atoms with Gasteiger partial charge in [0.15, 0.2) is 0 Å². The second-order valence-electron chi connectivity index (χ2n) is 5.75. The molecular formula is C19H22N2O5S. The average Bonchev–Trinajstić information content (AvgIpc) is 2.62. The molecule has 2 aromatic carbocycles. The summed E-state index contributed by atoms with van der Waals surface area (Å²) in [6, 6.07) is 12.6. The van der Waals surface area contributed by atoms with Crippen LogP contribution in [0.5, 0.6) is 0 Å². The molecule has 2 aromatic rings. The summed E-state index contributed by atoms with van der Waals surface area (Å²) in [7, 11) is -3.86. The smallest absolute Gasteiger partial charge is 0.340 e. The number of hydrogen-bond acceptors (Lipinski definition) is 5. The summed E-state index contributed by atoms with van der Waals surface area (Å²) >= 11 is 0. The van der Waals surface area contributed by atoms with Gasteiger partial charge in [0.05, 0.1) is 22.8 Å². The van der Waals surface area contributed by atoms with Gasteiger partial charge < -0.3 is 10.1 Å². The largest absolute Gasteiger partial charge is 0.462 e. The Morgan fingerprint density at radius 3 is 2.33 bits per heavy atom. The summed E-state index contributed by atoms with van der Waals surface area (Å²) in [5, 5.41) is 2.69. The highest BCUT2D eigenvalue weighted by Crippen LogP contribution is 2.21. The molecule has 0 aliphatic carbocycles. The predicted molar refractivity (Wildman–Crippen MR) is 102 cm³/mol. The van der Waals surface area contributed by atoms with Crippen LogP contribution in [0, 0.1) is 0 Å². The highest BCUT2D eigenvalue weighted by atomic mass is 32.2. The summed E-state index contributed by atoms with van der Waals surface area (Å²) < 4.78 is 32.6. The van der Waals surface area contributed by atoms with E-state index in [9.17, 15) is 18.0 Å². The zero-order chi connectivity index (χ0) is 19.9. The van der Waals surface area contributed by atoms with Crippen molar-refractivity contribution in [1.82, 2.24) is 5.32 Å². The van der Waals surface area contributed by atoms with Crippen molar-refractivity contribution in [2.24, 2.45) is 0 Å². The average molecular weight is 390 g/mol. The molecule has 8 heteroatoms. The topological polar surface area (TPSA) is 102 Å². The van der Waals surface area contributed by atoms with Gasteiger partial charge in [0, 0.05) is 13.5 Å². The van der Waals surface area contributed by atoms with Crippen LogP contribution in [0.15, 0.2) is 53.4 Å². The first kappa shape index (κ1) is 20.4. The Morgan fingerprint density at radius 2 is 1.70 bits per heavy atom. The van der Waals surface area contributed by atoms with E-state index in [0.717, 1.165) is 5.56 Å². The van der Waals surface area contributed by atoms with Gasteiger partial charge in [-0.3, -0.25) is 9.52 Å². The van der Waals surface area contributed by atoms with Gasteiger partial charge in [0.25, 0.3) is 10.0 Å². The molecule has 2 rings (SSSR count). The Labute approximate surface area is 158 Å². The molecule has 0 aliphatic rings. The van der Waals surface area contributed by atoms with Crippen molar-refractivity contribution in [1.29, 1.82) is 0 Å². The molecule has 0 fully saturated rings. The molecule has 0 saturated heterocycles. The normalized spacial score (nSPS) is 10.9. The van der Waals surface area contributed by atoms with Crippen LogP contribution < -0.4 is 10.0 Å². The minimum Gasteiger partial charge on any atom is -0.462 e. The standard InChI is InChI=1S/C19H22N2O5S/c1-3-26-19(23)17-6-4-5-7-18(17)21-27(24,25)16-10-8-15(9-11-16)12-13-20-14(2)22/h4-11,21H,3,12-13H2,1-2H3,(H,20,22). The number of ether oxygens (including phenoxy) is 1. The van der Waals surface area contributed by atoms with Gasteiger partial charge in [-0.05, 0) is 43.2 Å². The monoisotopic (exact) mass is 390 g/mol. The van der Waals surface area contributed by atoms with Crippen LogP contribution in [-0.2, 0) is 26.0 Å². The van der Waals surface area contributed by atoms with Gasteiger partial charge >= 0.3 is 5.97 Å². The van der Waals surface area contributed by atoms with Crippen LogP contribution in [-0.4, -0.2) is 33.4 Å². The zero-order valence-corrected chi connectivity index (χ0v) is 16.0. The lowest BCUT2D eigenvalue weighted by atomic mass is 10.1. The van der Waals surface area contributed by atoms with Crippen molar-refractivity contribution in [3.63, 3.8) is 0 Å². The maximum absolute atomic E-state index is 12.6. The summed E-state index contributed by atoms with van der Waals surface area (Å²) in [4.78, 5) is 22.9. The molecule has 0 saturated carbocycles. The number of carbonyl (C=O) groups is 2. The van der Waals surface area contributed by atoms with Crippen LogP contribution in [0.4, 0.5) is 5.69 Å². The van der Waals surface area contributed by atoms with Crippen LogP contribution in [0.2, 0.25) is 0 Å². The quantitative estimate of drug-likeness (QED) is 0.674. The van der Waals surface area contributed by atoms with Crippen molar-refractivity contribution in [3.05, 3.63) is 59.7 Å². The number of anilines is 1. The van der Waals surface area contributed by atoms with E-state index >= 15 is 0 Å². The summed E-state index contributed by atoms with van der Waals surface area (Å²) in [6.07, 6.45) is 0.596. The summed E-state index contributed by atoms with van der Waals surface area (Å²) in [5.41, 5.74) is 1.20. The minimum atomic E-state index is -3.86. The fourth-order valence-corrected chi connectivity index (χ4v) is 3.46. The molecule has 0 spiro atoms. The second kappa shape index (κ2) is 9.18. The molecular weight excluding hydrogens is 368 g/mol. The number of nitrogens with one attached hydrogen (secondary N) is 2. The second-order valence-corrected chi connectivity index (χ2v) is 7.43. The lowest BCUT2D eigenvalue weighted by Gasteiger charge is -2.12. The van der Waals surface area contributed by atoms with Gasteiger partial charge in [-0.2, -0.15) is 0 Å². The third kappa shape index (κ3) is 5.82. The number of rotatable bonds is 8. The number of para-hydroxylation sites is 1. The molecule has 0 heterocycles. The molecule has 2 N–H and O–H groups in total. The summed E-state index contributed by atoms with van der Waals surface area (Å²) in [5.74, 6) is -0.706. The molecule has 27 heavy (non-hydrogen) atoms. The molecule has 0 atom stereocenters. The van der Waals surface area contributed by atoms with E-state index < -0.39 is 16.0 Å². The molecule has 1 amide bonds. The fourth-order valence-electron chi connectivity index (χ4n) is 2.38. The first-order chi connectivity index (χ1) is 12.8. The zero-order valence-electron chi connectivity index (χ0n) is 15.2. The van der Waals surface area contributed by atoms with E-state index in [1.54, 1.807) is 31.2 Å². The molecule has 0 bridgehead atoms. The highest BCUT2D eigenvalue weighted by Gasteiger charge is 2.19. The number of amides is 1. The summed E-state index contributed by atoms with van der Waals surface area (Å²) in [6.45, 7) is 3.79. The number of carbonyl (C=O) groups excluding carboxylic acids is 2. The Morgan fingerprint density at radius 1 is 1.04 bits per heavy atom. The lowest BCUT2D eigenvalue weighted by Crippen LogP contribution is -2.22. The van der Waals surface area contributed by atoms with Crippen molar-refractivity contribution in [2.75, 3.05) is 17.9 Å². The minimum absolute atomic E-state index is 0.0736. The van der Waals surface area contributed by atoms with Crippen LogP contribution in [0.1, 0.15) is 29.8 Å². The number of hydrogen-bond donors (Lipinski definition) is 2. The van der Waals surface area contributed by atoms with Crippen molar-refractivity contribution >= 4 is 27.6 Å². The van der Waals surface area contributed by atoms with E-state index in [4.69, 9.17) is 4.74 Å². The number of sulfonamides is 1. The lowest BCUT2D eigenvalue weighted by molar-refractivity contribution is -0.118. The Kier molecular flexibility index (Phi) is 6.95. The van der Waals surface area contributed by atoms with E-state index in [0.29, 0.717) is 13.0 Å². The fraction of sp³-hybridized carbons (Fsp3) is 0.263. The third-order valence-corrected chi connectivity index (χ3v) is 5.07. The Balaban J connectivity index is 2.15. The van der Waals surface area contributed by atoms with Gasteiger partial charge in [-0.1, -0.05) is 24.3 Å². The van der Waals surface area contributed by atoms with Gasteiger partial charge in [-0.25, -0.2) is 13.2 Å². The van der Waals surface area contributed by atoms with Crippen molar-refractivity contribution in [2.45, 2.75) is 25.2 Å². The molecule has 0 aliphatic heterocycles. The molecule has 0 unspecified atom stereocenters. The van der Waals surface area contributed by atoms with Gasteiger partial charge in [-0.15, -0.1) is 0 Å². The Bertz CT molecular complexity index is 908. The Hall–Kier alpha value is -2.87. The number of esters is 1. The maximum Gasteiger partial charge on any atom is 0.340 e. The first-order valence-corrected chi connectivity index (χ1v) is 9.94. The maximum atomic E-state index is 12.6. The van der Waals surface area contributed by atoms with Gasteiger partial charge in [0.1, 0.15) is 0 Å². The van der Waals surface area contributed by atoms with E-state index in [-0.39, 0.29) is 28.7 Å². The van der Waals surface area contributed by atoms with Gasteiger partial charge in [0.2, 0.25) is 5.91 Å². The van der Waals surface area contributed by atoms with E-state index in [1.807, 2.05) is 0 Å².